The molecule has 1 fully saturated rings. The van der Waals surface area contributed by atoms with Crippen LogP contribution in [-0.4, -0.2) is 43.2 Å². The largest absolute Gasteiger partial charge is 0.480 e. The van der Waals surface area contributed by atoms with Crippen molar-refractivity contribution in [3.8, 4) is 5.75 Å². The molecule has 2 rings (SSSR count). The number of morpholine rings is 1. The van der Waals surface area contributed by atoms with Crippen LogP contribution in [0.25, 0.3) is 0 Å². The first kappa shape index (κ1) is 14.3. The van der Waals surface area contributed by atoms with Gasteiger partial charge in [-0.1, -0.05) is 6.07 Å². The van der Waals surface area contributed by atoms with Gasteiger partial charge in [0.05, 0.1) is 17.7 Å². The highest BCUT2D eigenvalue weighted by atomic mass is 79.9. The van der Waals surface area contributed by atoms with E-state index in [2.05, 4.69) is 15.9 Å². The molecule has 1 atom stereocenters. The molecule has 5 heteroatoms. The molecule has 1 unspecified atom stereocenters. The summed E-state index contributed by atoms with van der Waals surface area (Å²) in [5.41, 5.74) is 1.14. The third-order valence-electron chi connectivity index (χ3n) is 3.06. The van der Waals surface area contributed by atoms with E-state index in [0.29, 0.717) is 32.1 Å². The first-order chi connectivity index (χ1) is 9.08. The van der Waals surface area contributed by atoms with Crippen LogP contribution in [-0.2, 0) is 9.53 Å². The van der Waals surface area contributed by atoms with Crippen molar-refractivity contribution >= 4 is 21.8 Å². The fourth-order valence-electron chi connectivity index (χ4n) is 1.98. The monoisotopic (exact) mass is 327 g/mol. The Bertz CT molecular complexity index is 458. The molecule has 19 heavy (non-hydrogen) atoms. The average Bonchev–Trinajstić information content (AvgIpc) is 2.42. The summed E-state index contributed by atoms with van der Waals surface area (Å²) in [4.78, 5) is 14.0. The molecular formula is C14H18BrNO3. The molecule has 0 N–H and O–H groups in total. The average molecular weight is 328 g/mol. The van der Waals surface area contributed by atoms with Crippen LogP contribution in [0.4, 0.5) is 0 Å². The van der Waals surface area contributed by atoms with Crippen molar-refractivity contribution in [2.75, 3.05) is 26.3 Å². The van der Waals surface area contributed by atoms with Gasteiger partial charge in [0.15, 0.2) is 6.10 Å². The fraction of sp³-hybridized carbons (Fsp3) is 0.500. The topological polar surface area (TPSA) is 38.8 Å². The van der Waals surface area contributed by atoms with Crippen molar-refractivity contribution in [1.29, 1.82) is 0 Å². The van der Waals surface area contributed by atoms with Gasteiger partial charge < -0.3 is 14.4 Å². The van der Waals surface area contributed by atoms with E-state index in [1.54, 1.807) is 11.8 Å². The molecule has 0 aromatic heterocycles. The Kier molecular flexibility index (Phi) is 4.82. The summed E-state index contributed by atoms with van der Waals surface area (Å²) in [7, 11) is 0. The first-order valence-corrected chi connectivity index (χ1v) is 7.16. The second kappa shape index (κ2) is 6.39. The number of hydrogen-bond donors (Lipinski definition) is 0. The Balaban J connectivity index is 1.99. The molecule has 1 amide bonds. The Hall–Kier alpha value is -1.07. The van der Waals surface area contributed by atoms with E-state index < -0.39 is 6.10 Å². The standard InChI is InChI=1S/C14H18BrNO3/c1-10-3-4-13(12(15)9-10)19-11(2)14(17)16-5-7-18-8-6-16/h3-4,9,11H,5-8H2,1-2H3. The Morgan fingerprint density at radius 3 is 2.74 bits per heavy atom. The summed E-state index contributed by atoms with van der Waals surface area (Å²) in [6, 6.07) is 5.82. The minimum atomic E-state index is -0.489. The van der Waals surface area contributed by atoms with Crippen molar-refractivity contribution in [3.63, 3.8) is 0 Å². The SMILES string of the molecule is Cc1ccc(OC(C)C(=O)N2CCOCC2)c(Br)c1. The molecule has 0 aliphatic carbocycles. The van der Waals surface area contributed by atoms with Gasteiger partial charge >= 0.3 is 0 Å². The van der Waals surface area contributed by atoms with E-state index in [-0.39, 0.29) is 5.91 Å². The summed E-state index contributed by atoms with van der Waals surface area (Å²) in [5, 5.41) is 0. The van der Waals surface area contributed by atoms with Gasteiger partial charge in [0.25, 0.3) is 5.91 Å². The van der Waals surface area contributed by atoms with Gasteiger partial charge in [-0.05, 0) is 47.5 Å². The predicted octanol–water partition coefficient (Wildman–Crippen LogP) is 2.38. The van der Waals surface area contributed by atoms with E-state index in [9.17, 15) is 4.79 Å². The lowest BCUT2D eigenvalue weighted by atomic mass is 10.2. The Morgan fingerprint density at radius 1 is 1.42 bits per heavy atom. The van der Waals surface area contributed by atoms with Crippen LogP contribution in [0.5, 0.6) is 5.75 Å². The lowest BCUT2D eigenvalue weighted by Crippen LogP contribution is -2.46. The number of amides is 1. The predicted molar refractivity (Wildman–Crippen MR) is 76.4 cm³/mol. The fourth-order valence-corrected chi connectivity index (χ4v) is 2.57. The molecule has 1 aliphatic heterocycles. The van der Waals surface area contributed by atoms with Gasteiger partial charge in [-0.3, -0.25) is 4.79 Å². The number of benzene rings is 1. The number of ether oxygens (including phenoxy) is 2. The number of halogens is 1. The molecule has 1 saturated heterocycles. The Labute approximate surface area is 121 Å². The van der Waals surface area contributed by atoms with E-state index in [1.165, 1.54) is 0 Å². The lowest BCUT2D eigenvalue weighted by Gasteiger charge is -2.29. The number of hydrogen-bond acceptors (Lipinski definition) is 3. The number of carbonyl (C=O) groups is 1. The highest BCUT2D eigenvalue weighted by Gasteiger charge is 2.24. The van der Waals surface area contributed by atoms with Crippen LogP contribution in [0.3, 0.4) is 0 Å². The van der Waals surface area contributed by atoms with Crippen LogP contribution < -0.4 is 4.74 Å². The van der Waals surface area contributed by atoms with Gasteiger partial charge in [0.1, 0.15) is 5.75 Å². The molecule has 1 aliphatic rings. The van der Waals surface area contributed by atoms with Crippen molar-refractivity contribution in [3.05, 3.63) is 28.2 Å². The molecule has 0 spiro atoms. The zero-order valence-electron chi connectivity index (χ0n) is 11.2. The van der Waals surface area contributed by atoms with E-state index >= 15 is 0 Å². The summed E-state index contributed by atoms with van der Waals surface area (Å²) in [6.45, 7) is 6.28. The smallest absolute Gasteiger partial charge is 0.263 e. The highest BCUT2D eigenvalue weighted by Crippen LogP contribution is 2.26. The maximum absolute atomic E-state index is 12.2. The molecule has 1 aromatic rings. The lowest BCUT2D eigenvalue weighted by molar-refractivity contribution is -0.142. The van der Waals surface area contributed by atoms with Crippen molar-refractivity contribution in [2.24, 2.45) is 0 Å². The minimum Gasteiger partial charge on any atom is -0.480 e. The normalized spacial score (nSPS) is 17.1. The summed E-state index contributed by atoms with van der Waals surface area (Å²) in [5.74, 6) is 0.704. The highest BCUT2D eigenvalue weighted by molar-refractivity contribution is 9.10. The number of nitrogens with zero attached hydrogens (tertiary/aromatic N) is 1. The van der Waals surface area contributed by atoms with Gasteiger partial charge in [-0.15, -0.1) is 0 Å². The number of rotatable bonds is 3. The molecule has 0 saturated carbocycles. The maximum Gasteiger partial charge on any atom is 0.263 e. The summed E-state index contributed by atoms with van der Waals surface area (Å²) < 4.78 is 11.8. The zero-order chi connectivity index (χ0) is 13.8. The summed E-state index contributed by atoms with van der Waals surface area (Å²) >= 11 is 3.45. The minimum absolute atomic E-state index is 0.00998. The quantitative estimate of drug-likeness (QED) is 0.855. The molecule has 0 bridgehead atoms. The maximum atomic E-state index is 12.2. The second-order valence-electron chi connectivity index (χ2n) is 4.63. The van der Waals surface area contributed by atoms with Crippen LogP contribution >= 0.6 is 15.9 Å². The van der Waals surface area contributed by atoms with Gasteiger partial charge in [0.2, 0.25) is 0 Å². The van der Waals surface area contributed by atoms with E-state index in [4.69, 9.17) is 9.47 Å². The van der Waals surface area contributed by atoms with Crippen molar-refractivity contribution in [2.45, 2.75) is 20.0 Å². The van der Waals surface area contributed by atoms with Crippen LogP contribution in [0.2, 0.25) is 0 Å². The van der Waals surface area contributed by atoms with Crippen molar-refractivity contribution < 1.29 is 14.3 Å². The first-order valence-electron chi connectivity index (χ1n) is 6.37. The molecule has 4 nitrogen and oxygen atoms in total. The Morgan fingerprint density at radius 2 is 2.11 bits per heavy atom. The van der Waals surface area contributed by atoms with E-state index in [1.807, 2.05) is 25.1 Å². The molecule has 104 valence electrons. The molecule has 0 radical (unpaired) electrons. The van der Waals surface area contributed by atoms with Crippen LogP contribution in [0.1, 0.15) is 12.5 Å². The molecule has 1 aromatic carbocycles. The molecule has 1 heterocycles. The second-order valence-corrected chi connectivity index (χ2v) is 5.49. The van der Waals surface area contributed by atoms with E-state index in [0.717, 1.165) is 10.0 Å². The number of aryl methyl sites for hydroxylation is 1. The third-order valence-corrected chi connectivity index (χ3v) is 3.68. The van der Waals surface area contributed by atoms with Crippen LogP contribution in [0.15, 0.2) is 22.7 Å². The van der Waals surface area contributed by atoms with Crippen molar-refractivity contribution in [1.82, 2.24) is 4.90 Å². The molecular weight excluding hydrogens is 310 g/mol. The van der Waals surface area contributed by atoms with Gasteiger partial charge in [-0.2, -0.15) is 0 Å². The van der Waals surface area contributed by atoms with Gasteiger partial charge in [0, 0.05) is 13.1 Å². The third kappa shape index (κ3) is 3.70. The van der Waals surface area contributed by atoms with Crippen LogP contribution in [0, 0.1) is 6.92 Å². The number of carbonyl (C=O) groups excluding carboxylic acids is 1. The summed E-state index contributed by atoms with van der Waals surface area (Å²) in [6.07, 6.45) is -0.489. The van der Waals surface area contributed by atoms with Gasteiger partial charge in [-0.25, -0.2) is 0 Å². The zero-order valence-corrected chi connectivity index (χ0v) is 12.8.